The maximum absolute atomic E-state index is 13.8. The number of piperidine rings is 2. The number of hydrogen-bond acceptors (Lipinski definition) is 14. The van der Waals surface area contributed by atoms with Crippen molar-refractivity contribution in [3.8, 4) is 11.5 Å². The normalized spacial score (nSPS) is 48.7. The van der Waals surface area contributed by atoms with Gasteiger partial charge in [0.2, 0.25) is 0 Å². The summed E-state index contributed by atoms with van der Waals surface area (Å²) in [7, 11) is 2.95. The molecular weight excluding hydrogens is 702 g/mol. The molecule has 7 fully saturated rings. The van der Waals surface area contributed by atoms with Crippen LogP contribution in [0.25, 0.3) is 0 Å². The van der Waals surface area contributed by atoms with Crippen molar-refractivity contribution in [1.29, 1.82) is 0 Å². The van der Waals surface area contributed by atoms with Crippen molar-refractivity contribution < 1.29 is 63.2 Å². The molecule has 0 unspecified atom stereocenters. The van der Waals surface area contributed by atoms with Crippen LogP contribution in [0.4, 0.5) is 0 Å². The number of rotatable bonds is 6. The minimum atomic E-state index is -2.13. The smallest absolute Gasteiger partial charge is 0.338 e. The molecule has 8 rings (SSSR count). The van der Waals surface area contributed by atoms with Gasteiger partial charge in [0.05, 0.1) is 25.4 Å². The number of esters is 3. The number of benzene rings is 1. The maximum Gasteiger partial charge on any atom is 0.338 e. The van der Waals surface area contributed by atoms with E-state index in [1.54, 1.807) is 19.1 Å². The second kappa shape index (κ2) is 12.0. The minimum absolute atomic E-state index is 0.141. The molecule has 14 nitrogen and oxygen atoms in total. The van der Waals surface area contributed by atoms with Gasteiger partial charge in [-0.2, -0.15) is 0 Å². The molecule has 298 valence electrons. The van der Waals surface area contributed by atoms with Crippen molar-refractivity contribution in [2.45, 2.75) is 138 Å². The highest BCUT2D eigenvalue weighted by Crippen LogP contribution is 2.79. The predicted molar refractivity (Wildman–Crippen MR) is 188 cm³/mol. The molecule has 1 aromatic carbocycles. The Hall–Kier alpha value is -3.01. The van der Waals surface area contributed by atoms with E-state index in [-0.39, 0.29) is 31.4 Å². The molecule has 4 aliphatic carbocycles. The molecule has 7 aliphatic rings. The average molecular weight is 758 g/mol. The van der Waals surface area contributed by atoms with Crippen LogP contribution in [0.2, 0.25) is 0 Å². The van der Waals surface area contributed by atoms with E-state index in [1.165, 1.54) is 34.1 Å². The van der Waals surface area contributed by atoms with E-state index in [0.717, 1.165) is 6.42 Å². The summed E-state index contributed by atoms with van der Waals surface area (Å²) in [6.07, 6.45) is -0.00733. The second-order valence-electron chi connectivity index (χ2n) is 17.9. The molecule has 4 saturated carbocycles. The fourth-order valence-electron chi connectivity index (χ4n) is 13.3. The first-order chi connectivity index (χ1) is 25.3. The van der Waals surface area contributed by atoms with Gasteiger partial charge in [0.1, 0.15) is 28.5 Å². The summed E-state index contributed by atoms with van der Waals surface area (Å²) in [5.74, 6) is -5.11. The van der Waals surface area contributed by atoms with Crippen molar-refractivity contribution in [3.05, 3.63) is 23.8 Å². The molecule has 0 radical (unpaired) electrons. The summed E-state index contributed by atoms with van der Waals surface area (Å²) in [6, 6.07) is 4.19. The van der Waals surface area contributed by atoms with Gasteiger partial charge >= 0.3 is 17.9 Å². The molecular formula is C40H55NO13. The van der Waals surface area contributed by atoms with Crippen molar-refractivity contribution >= 4 is 17.9 Å². The first-order valence-electron chi connectivity index (χ1n) is 19.4. The molecule has 0 amide bonds. The molecule has 54 heavy (non-hydrogen) atoms. The largest absolute Gasteiger partial charge is 0.493 e. The Kier molecular flexibility index (Phi) is 8.42. The highest BCUT2D eigenvalue weighted by molar-refractivity contribution is 5.90. The Balaban J connectivity index is 1.22. The van der Waals surface area contributed by atoms with E-state index in [9.17, 15) is 34.8 Å². The molecule has 4 bridgehead atoms. The lowest BCUT2D eigenvalue weighted by Crippen LogP contribution is -2.85. The fourth-order valence-corrected chi connectivity index (χ4v) is 13.3. The quantitative estimate of drug-likeness (QED) is 0.245. The summed E-state index contributed by atoms with van der Waals surface area (Å²) < 4.78 is 36.2. The summed E-state index contributed by atoms with van der Waals surface area (Å²) in [6.45, 7) is 8.97. The summed E-state index contributed by atoms with van der Waals surface area (Å²) in [4.78, 5) is 41.6. The zero-order chi connectivity index (χ0) is 39.0. The first kappa shape index (κ1) is 37.9. The number of carbonyl (C=O) groups is 3. The standard InChI is InChI=1S/C40H55NO13/c1-21-8-13-30-35(5,45)39(48)29(19-41(30)18-21)37(47)20-38-28(36(37,46)17-32(39)51-22(2)42)12-11-27-34(38,4)15-14-31(40(27,54-38)53-23(3)43)52-33(44)24-9-10-25(49-6)26(16-24)50-7/h9-10,16,21,27-32,45-48H,8,11-15,17-20H2,1-7H3/t21-,27-,28-,29-,30-,31-,32-,34-,35+,36+,37+,38+,39-,40-/m0/s1. The van der Waals surface area contributed by atoms with Crippen LogP contribution in [0.5, 0.6) is 11.5 Å². The molecule has 3 aliphatic heterocycles. The van der Waals surface area contributed by atoms with Gasteiger partial charge in [-0.05, 0) is 69.6 Å². The zero-order valence-corrected chi connectivity index (χ0v) is 32.3. The van der Waals surface area contributed by atoms with E-state index in [2.05, 4.69) is 11.8 Å². The summed E-state index contributed by atoms with van der Waals surface area (Å²) in [5.41, 5.74) is -9.90. The maximum atomic E-state index is 13.8. The fraction of sp³-hybridized carbons (Fsp3) is 0.775. The molecule has 3 heterocycles. The van der Waals surface area contributed by atoms with Crippen molar-refractivity contribution in [3.63, 3.8) is 0 Å². The highest BCUT2D eigenvalue weighted by atomic mass is 16.8. The van der Waals surface area contributed by atoms with Gasteiger partial charge in [0, 0.05) is 69.0 Å². The van der Waals surface area contributed by atoms with Crippen LogP contribution >= 0.6 is 0 Å². The molecule has 14 heteroatoms. The lowest BCUT2D eigenvalue weighted by atomic mass is 9.48. The van der Waals surface area contributed by atoms with E-state index < -0.39 is 93.1 Å². The lowest BCUT2D eigenvalue weighted by Gasteiger charge is -2.68. The van der Waals surface area contributed by atoms with Gasteiger partial charge in [-0.15, -0.1) is 0 Å². The molecule has 4 N–H and O–H groups in total. The third kappa shape index (κ3) is 4.58. The number of fused-ring (bicyclic) bond motifs is 5. The van der Waals surface area contributed by atoms with Gasteiger partial charge in [-0.1, -0.05) is 13.8 Å². The van der Waals surface area contributed by atoms with Crippen LogP contribution in [0.15, 0.2) is 18.2 Å². The van der Waals surface area contributed by atoms with Crippen molar-refractivity contribution in [2.75, 3.05) is 27.3 Å². The SMILES string of the molecule is COc1ccc(C(=O)O[C@H]2CC[C@@]3(C)[C@@H]4CC[C@H]5[C@]6(O)C[C@H](OC(C)=O)[C@@]7(O)[C@@H](CN8C[C@@H](C)CC[C@H]8[C@@]7(C)O)[C@]6(O)C[C@@]53O[C@]24OC(C)=O)cc1OC. The lowest BCUT2D eigenvalue weighted by molar-refractivity contribution is -0.354. The number of carbonyl (C=O) groups excluding carboxylic acids is 3. The van der Waals surface area contributed by atoms with Crippen LogP contribution in [0.1, 0.15) is 96.3 Å². The Morgan fingerprint density at radius 2 is 1.52 bits per heavy atom. The molecule has 1 aromatic rings. The molecule has 14 atom stereocenters. The third-order valence-corrected chi connectivity index (χ3v) is 15.5. The van der Waals surface area contributed by atoms with Gasteiger partial charge in [-0.3, -0.25) is 14.5 Å². The van der Waals surface area contributed by atoms with Gasteiger partial charge < -0.3 is 48.8 Å². The molecule has 1 spiro atoms. The van der Waals surface area contributed by atoms with Crippen LogP contribution in [-0.4, -0.2) is 123 Å². The summed E-state index contributed by atoms with van der Waals surface area (Å²) in [5, 5.41) is 52.1. The first-order valence-corrected chi connectivity index (χ1v) is 19.4. The Labute approximate surface area is 315 Å². The Morgan fingerprint density at radius 3 is 2.19 bits per heavy atom. The zero-order valence-electron chi connectivity index (χ0n) is 32.3. The number of ether oxygens (including phenoxy) is 6. The van der Waals surface area contributed by atoms with Gasteiger partial charge in [-0.25, -0.2) is 4.79 Å². The predicted octanol–water partition coefficient (Wildman–Crippen LogP) is 2.50. The van der Waals surface area contributed by atoms with Gasteiger partial charge in [0.25, 0.3) is 5.79 Å². The van der Waals surface area contributed by atoms with E-state index in [0.29, 0.717) is 49.6 Å². The van der Waals surface area contributed by atoms with Crippen molar-refractivity contribution in [1.82, 2.24) is 4.90 Å². The van der Waals surface area contributed by atoms with Crippen LogP contribution in [0.3, 0.4) is 0 Å². The van der Waals surface area contributed by atoms with E-state index in [1.807, 2.05) is 6.92 Å². The van der Waals surface area contributed by atoms with Crippen LogP contribution in [0, 0.1) is 29.1 Å². The van der Waals surface area contributed by atoms with Gasteiger partial charge in [0.15, 0.2) is 17.6 Å². The Morgan fingerprint density at radius 1 is 0.815 bits per heavy atom. The number of methoxy groups -OCH3 is 2. The van der Waals surface area contributed by atoms with E-state index >= 15 is 0 Å². The number of aliphatic hydroxyl groups is 4. The minimum Gasteiger partial charge on any atom is -0.493 e. The highest BCUT2D eigenvalue weighted by Gasteiger charge is 2.90. The molecule has 0 aromatic heterocycles. The number of hydrogen-bond donors (Lipinski definition) is 4. The third-order valence-electron chi connectivity index (χ3n) is 15.5. The van der Waals surface area contributed by atoms with Crippen molar-refractivity contribution in [2.24, 2.45) is 29.1 Å². The second-order valence-corrected chi connectivity index (χ2v) is 17.9. The van der Waals surface area contributed by atoms with E-state index in [4.69, 9.17) is 28.4 Å². The van der Waals surface area contributed by atoms with Crippen LogP contribution < -0.4 is 9.47 Å². The average Bonchev–Trinajstić information content (AvgIpc) is 3.27. The van der Waals surface area contributed by atoms with Crippen LogP contribution in [-0.2, 0) is 28.5 Å². The Bertz CT molecular complexity index is 1750. The topological polar surface area (TPSA) is 191 Å². The molecule has 3 saturated heterocycles. The summed E-state index contributed by atoms with van der Waals surface area (Å²) >= 11 is 0. The monoisotopic (exact) mass is 757 g/mol. The number of nitrogens with zero attached hydrogens (tertiary/aromatic N) is 1.